The van der Waals surface area contributed by atoms with Crippen molar-refractivity contribution in [3.63, 3.8) is 0 Å². The van der Waals surface area contributed by atoms with Crippen molar-refractivity contribution < 1.29 is 0 Å². The fourth-order valence-corrected chi connectivity index (χ4v) is 2.95. The Hall–Kier alpha value is -1.74. The van der Waals surface area contributed by atoms with Crippen molar-refractivity contribution in [3.8, 4) is 0 Å². The lowest BCUT2D eigenvalue weighted by Crippen LogP contribution is -2.00. The van der Waals surface area contributed by atoms with Crippen LogP contribution in [0.2, 0.25) is 0 Å². The number of hydrogen-bond acceptors (Lipinski definition) is 1. The summed E-state index contributed by atoms with van der Waals surface area (Å²) < 4.78 is 1.11. The highest BCUT2D eigenvalue weighted by molar-refractivity contribution is 9.10. The minimum atomic E-state index is 0.824. The van der Waals surface area contributed by atoms with E-state index in [0.717, 1.165) is 16.7 Å². The minimum Gasteiger partial charge on any atom is -0.381 e. The van der Waals surface area contributed by atoms with E-state index >= 15 is 0 Å². The van der Waals surface area contributed by atoms with Crippen LogP contribution in [0.1, 0.15) is 11.1 Å². The third kappa shape index (κ3) is 2.66. The number of H-pyrrole nitrogens is 1. The zero-order valence-electron chi connectivity index (χ0n) is 10.7. The van der Waals surface area contributed by atoms with Gasteiger partial charge in [-0.1, -0.05) is 28.1 Å². The average Bonchev–Trinajstić information content (AvgIpc) is 2.83. The molecule has 3 heteroatoms. The molecule has 0 fully saturated rings. The summed E-state index contributed by atoms with van der Waals surface area (Å²) in [5, 5.41) is 4.76. The molecule has 0 saturated heterocycles. The molecule has 0 atom stereocenters. The third-order valence-corrected chi connectivity index (χ3v) is 3.67. The summed E-state index contributed by atoms with van der Waals surface area (Å²) in [4.78, 5) is 3.24. The molecule has 0 bridgehead atoms. The molecule has 2 nitrogen and oxygen atoms in total. The number of rotatable bonds is 3. The van der Waals surface area contributed by atoms with Crippen LogP contribution in [-0.4, -0.2) is 4.98 Å². The quantitative estimate of drug-likeness (QED) is 0.710. The molecule has 3 rings (SSSR count). The standard InChI is InChI=1S/C16H15BrN2/c1-11-7-13(17)9-14(8-11)19-10-12-3-2-4-16-15(12)5-6-18-16/h2-9,18-19H,10H2,1H3. The van der Waals surface area contributed by atoms with Crippen LogP contribution < -0.4 is 5.32 Å². The van der Waals surface area contributed by atoms with E-state index in [0.29, 0.717) is 0 Å². The first-order valence-corrected chi connectivity index (χ1v) is 7.08. The van der Waals surface area contributed by atoms with Gasteiger partial charge in [-0.05, 0) is 48.4 Å². The molecule has 3 aromatic rings. The van der Waals surface area contributed by atoms with Crippen LogP contribution in [0.15, 0.2) is 53.1 Å². The summed E-state index contributed by atoms with van der Waals surface area (Å²) in [5.74, 6) is 0. The zero-order valence-corrected chi connectivity index (χ0v) is 12.3. The summed E-state index contributed by atoms with van der Waals surface area (Å²) in [6.07, 6.45) is 1.98. The number of anilines is 1. The predicted molar refractivity (Wildman–Crippen MR) is 84.5 cm³/mol. The Kier molecular flexibility index (Phi) is 3.30. The highest BCUT2D eigenvalue weighted by atomic mass is 79.9. The number of halogens is 1. The largest absolute Gasteiger partial charge is 0.381 e. The van der Waals surface area contributed by atoms with Crippen molar-refractivity contribution in [2.24, 2.45) is 0 Å². The van der Waals surface area contributed by atoms with E-state index in [4.69, 9.17) is 0 Å². The van der Waals surface area contributed by atoms with Crippen LogP contribution in [0.25, 0.3) is 10.9 Å². The lowest BCUT2D eigenvalue weighted by Gasteiger charge is -2.09. The van der Waals surface area contributed by atoms with Gasteiger partial charge in [-0.3, -0.25) is 0 Å². The second kappa shape index (κ2) is 5.10. The molecule has 2 N–H and O–H groups in total. The molecule has 0 radical (unpaired) electrons. The first kappa shape index (κ1) is 12.3. The van der Waals surface area contributed by atoms with Gasteiger partial charge in [0.2, 0.25) is 0 Å². The summed E-state index contributed by atoms with van der Waals surface area (Å²) in [5.41, 5.74) is 4.87. The van der Waals surface area contributed by atoms with Gasteiger partial charge in [-0.2, -0.15) is 0 Å². The van der Waals surface area contributed by atoms with Crippen molar-refractivity contribution in [1.29, 1.82) is 0 Å². The van der Waals surface area contributed by atoms with Gasteiger partial charge in [-0.25, -0.2) is 0 Å². The molecule has 0 aliphatic heterocycles. The maximum atomic E-state index is 3.53. The van der Waals surface area contributed by atoms with Gasteiger partial charge in [0, 0.05) is 33.8 Å². The Morgan fingerprint density at radius 2 is 2.05 bits per heavy atom. The van der Waals surface area contributed by atoms with Gasteiger partial charge >= 0.3 is 0 Å². The summed E-state index contributed by atoms with van der Waals surface area (Å²) in [6, 6.07) is 14.8. The molecular formula is C16H15BrN2. The van der Waals surface area contributed by atoms with Gasteiger partial charge in [0.1, 0.15) is 0 Å². The van der Waals surface area contributed by atoms with E-state index in [-0.39, 0.29) is 0 Å². The van der Waals surface area contributed by atoms with Crippen molar-refractivity contribution in [3.05, 3.63) is 64.3 Å². The molecule has 0 amide bonds. The maximum Gasteiger partial charge on any atom is 0.0457 e. The second-order valence-electron chi connectivity index (χ2n) is 4.73. The third-order valence-electron chi connectivity index (χ3n) is 3.21. The molecule has 0 spiro atoms. The Labute approximate surface area is 121 Å². The van der Waals surface area contributed by atoms with Crippen LogP contribution in [0.4, 0.5) is 5.69 Å². The van der Waals surface area contributed by atoms with Gasteiger partial charge in [0.05, 0.1) is 0 Å². The summed E-state index contributed by atoms with van der Waals surface area (Å²) >= 11 is 3.53. The van der Waals surface area contributed by atoms with Gasteiger partial charge in [-0.15, -0.1) is 0 Å². The molecule has 2 aromatic carbocycles. The van der Waals surface area contributed by atoms with Gasteiger partial charge in [0.25, 0.3) is 0 Å². The smallest absolute Gasteiger partial charge is 0.0457 e. The molecule has 0 aliphatic rings. The zero-order chi connectivity index (χ0) is 13.2. The first-order chi connectivity index (χ1) is 9.22. The molecule has 1 heterocycles. The van der Waals surface area contributed by atoms with Gasteiger partial charge < -0.3 is 10.3 Å². The van der Waals surface area contributed by atoms with Crippen LogP contribution >= 0.6 is 15.9 Å². The van der Waals surface area contributed by atoms with Crippen LogP contribution in [0.3, 0.4) is 0 Å². The van der Waals surface area contributed by atoms with Crippen molar-refractivity contribution in [2.45, 2.75) is 13.5 Å². The maximum absolute atomic E-state index is 3.53. The lowest BCUT2D eigenvalue weighted by molar-refractivity contribution is 1.16. The summed E-state index contributed by atoms with van der Waals surface area (Å²) in [6.45, 7) is 2.92. The van der Waals surface area contributed by atoms with Crippen molar-refractivity contribution >= 4 is 32.5 Å². The van der Waals surface area contributed by atoms with Crippen LogP contribution in [0.5, 0.6) is 0 Å². The van der Waals surface area contributed by atoms with E-state index in [1.807, 2.05) is 6.20 Å². The lowest BCUT2D eigenvalue weighted by atomic mass is 10.1. The minimum absolute atomic E-state index is 0.824. The summed E-state index contributed by atoms with van der Waals surface area (Å²) in [7, 11) is 0. The molecule has 0 aliphatic carbocycles. The molecule has 19 heavy (non-hydrogen) atoms. The molecule has 1 aromatic heterocycles. The Balaban J connectivity index is 1.84. The Morgan fingerprint density at radius 3 is 2.89 bits per heavy atom. The van der Waals surface area contributed by atoms with E-state index < -0.39 is 0 Å². The molecule has 96 valence electrons. The molecule has 0 saturated carbocycles. The topological polar surface area (TPSA) is 27.8 Å². The average molecular weight is 315 g/mol. The predicted octanol–water partition coefficient (Wildman–Crippen LogP) is 4.85. The molecular weight excluding hydrogens is 300 g/mol. The Morgan fingerprint density at radius 1 is 1.16 bits per heavy atom. The number of aromatic nitrogens is 1. The van der Waals surface area contributed by atoms with E-state index in [1.165, 1.54) is 22.0 Å². The van der Waals surface area contributed by atoms with E-state index in [1.54, 1.807) is 0 Å². The monoisotopic (exact) mass is 314 g/mol. The fraction of sp³-hybridized carbons (Fsp3) is 0.125. The number of nitrogens with one attached hydrogen (secondary N) is 2. The van der Waals surface area contributed by atoms with E-state index in [9.17, 15) is 0 Å². The fourth-order valence-electron chi connectivity index (χ4n) is 2.34. The van der Waals surface area contributed by atoms with Crippen molar-refractivity contribution in [1.82, 2.24) is 4.98 Å². The number of aryl methyl sites for hydroxylation is 1. The highest BCUT2D eigenvalue weighted by Gasteiger charge is 2.02. The van der Waals surface area contributed by atoms with Crippen LogP contribution in [-0.2, 0) is 6.54 Å². The molecule has 0 unspecified atom stereocenters. The highest BCUT2D eigenvalue weighted by Crippen LogP contribution is 2.22. The van der Waals surface area contributed by atoms with Crippen molar-refractivity contribution in [2.75, 3.05) is 5.32 Å². The SMILES string of the molecule is Cc1cc(Br)cc(NCc2cccc3[nH]ccc23)c1. The second-order valence-corrected chi connectivity index (χ2v) is 5.64. The number of benzene rings is 2. The van der Waals surface area contributed by atoms with Gasteiger partial charge in [0.15, 0.2) is 0 Å². The van der Waals surface area contributed by atoms with E-state index in [2.05, 4.69) is 75.6 Å². The Bertz CT molecular complexity index is 695. The normalized spacial score (nSPS) is 10.8. The first-order valence-electron chi connectivity index (χ1n) is 6.28. The number of hydrogen-bond donors (Lipinski definition) is 2. The number of fused-ring (bicyclic) bond motifs is 1. The number of aromatic amines is 1. The van der Waals surface area contributed by atoms with Crippen LogP contribution in [0, 0.1) is 6.92 Å².